The molecule has 1 fully saturated rings. The number of anilines is 1. The van der Waals surface area contributed by atoms with Gasteiger partial charge in [-0.3, -0.25) is 9.10 Å². The summed E-state index contributed by atoms with van der Waals surface area (Å²) in [5.74, 6) is -1.40. The largest absolute Gasteiger partial charge is 0.393 e. The van der Waals surface area contributed by atoms with Crippen LogP contribution in [-0.4, -0.2) is 37.6 Å². The first kappa shape index (κ1) is 23.8. The van der Waals surface area contributed by atoms with Gasteiger partial charge in [-0.25, -0.2) is 12.8 Å². The van der Waals surface area contributed by atoms with Gasteiger partial charge in [-0.1, -0.05) is 23.2 Å². The van der Waals surface area contributed by atoms with Gasteiger partial charge in [-0.15, -0.1) is 0 Å². The fourth-order valence-corrected chi connectivity index (χ4v) is 5.48. The number of carbonyl (C=O) groups is 1. The van der Waals surface area contributed by atoms with Gasteiger partial charge in [-0.2, -0.15) is 0 Å². The summed E-state index contributed by atoms with van der Waals surface area (Å²) in [6, 6.07) is 7.45. The Morgan fingerprint density at radius 1 is 1.10 bits per heavy atom. The fraction of sp³-hybridized carbons (Fsp3) is 0.381. The highest BCUT2D eigenvalue weighted by Gasteiger charge is 2.36. The predicted molar refractivity (Wildman–Crippen MR) is 118 cm³/mol. The van der Waals surface area contributed by atoms with Crippen molar-refractivity contribution in [1.29, 1.82) is 0 Å². The minimum atomic E-state index is -4.33. The van der Waals surface area contributed by atoms with Gasteiger partial charge in [0.2, 0.25) is 5.91 Å². The lowest BCUT2D eigenvalue weighted by Crippen LogP contribution is -2.51. The average Bonchev–Trinajstić information content (AvgIpc) is 2.72. The lowest BCUT2D eigenvalue weighted by atomic mass is 9.93. The Kier molecular flexibility index (Phi) is 7.47. The first-order valence-corrected chi connectivity index (χ1v) is 12.0. The minimum absolute atomic E-state index is 0.126. The van der Waals surface area contributed by atoms with Crippen LogP contribution < -0.4 is 9.62 Å². The number of carbonyl (C=O) groups excluding carboxylic acids is 1. The Bertz CT molecular complexity index is 1040. The number of nitrogens with zero attached hydrogens (tertiary/aromatic N) is 1. The van der Waals surface area contributed by atoms with E-state index in [1.165, 1.54) is 43.3 Å². The van der Waals surface area contributed by atoms with Crippen molar-refractivity contribution in [2.24, 2.45) is 0 Å². The Morgan fingerprint density at radius 3 is 2.29 bits per heavy atom. The third-order valence-electron chi connectivity index (χ3n) is 5.29. The highest BCUT2D eigenvalue weighted by Crippen LogP contribution is 2.31. The Labute approximate surface area is 191 Å². The second-order valence-corrected chi connectivity index (χ2v) is 10.2. The van der Waals surface area contributed by atoms with Crippen LogP contribution in [0.15, 0.2) is 47.4 Å². The van der Waals surface area contributed by atoms with Gasteiger partial charge in [0.25, 0.3) is 10.0 Å². The second-order valence-electron chi connectivity index (χ2n) is 7.54. The van der Waals surface area contributed by atoms with Gasteiger partial charge < -0.3 is 10.4 Å². The van der Waals surface area contributed by atoms with Gasteiger partial charge >= 0.3 is 0 Å². The summed E-state index contributed by atoms with van der Waals surface area (Å²) in [7, 11) is -4.33. The molecule has 3 rings (SSSR count). The van der Waals surface area contributed by atoms with E-state index in [1.54, 1.807) is 0 Å². The zero-order chi connectivity index (χ0) is 22.8. The number of halogens is 3. The molecule has 1 atom stereocenters. The van der Waals surface area contributed by atoms with Crippen LogP contribution in [0.1, 0.15) is 32.6 Å². The van der Waals surface area contributed by atoms with Crippen LogP contribution >= 0.6 is 23.2 Å². The third-order valence-corrected chi connectivity index (χ3v) is 7.68. The van der Waals surface area contributed by atoms with Gasteiger partial charge in [0.15, 0.2) is 0 Å². The van der Waals surface area contributed by atoms with Gasteiger partial charge in [0.05, 0.1) is 16.7 Å². The van der Waals surface area contributed by atoms with Gasteiger partial charge in [0.1, 0.15) is 11.9 Å². The van der Waals surface area contributed by atoms with Crippen molar-refractivity contribution < 1.29 is 22.7 Å². The molecule has 168 valence electrons. The summed E-state index contributed by atoms with van der Waals surface area (Å²) in [6.07, 6.45) is 1.86. The minimum Gasteiger partial charge on any atom is -0.393 e. The number of aliphatic hydroxyl groups is 1. The van der Waals surface area contributed by atoms with E-state index in [-0.39, 0.29) is 21.6 Å². The van der Waals surface area contributed by atoms with Crippen LogP contribution in [0.25, 0.3) is 0 Å². The summed E-state index contributed by atoms with van der Waals surface area (Å²) in [5.41, 5.74) is -0.329. The summed E-state index contributed by atoms with van der Waals surface area (Å²) in [6.45, 7) is 1.39. The topological polar surface area (TPSA) is 86.7 Å². The molecule has 1 amide bonds. The van der Waals surface area contributed by atoms with Gasteiger partial charge in [-0.05, 0) is 75.1 Å². The maximum atomic E-state index is 14.7. The number of nitrogens with one attached hydrogen (secondary N) is 1. The molecule has 0 radical (unpaired) electrons. The van der Waals surface area contributed by atoms with Crippen molar-refractivity contribution in [2.45, 2.75) is 55.7 Å². The quantitative estimate of drug-likeness (QED) is 0.639. The second kappa shape index (κ2) is 9.73. The fourth-order valence-electron chi connectivity index (χ4n) is 3.57. The smallest absolute Gasteiger partial charge is 0.265 e. The number of aliphatic hydroxyl groups excluding tert-OH is 1. The molecule has 0 aliphatic heterocycles. The SMILES string of the molecule is C[C@H](C(=O)N[C@H]1CC[C@H](O)CC1)N(c1cc(Cl)ccc1F)S(=O)(=O)c1ccc(Cl)cc1. The number of rotatable bonds is 6. The van der Waals surface area contributed by atoms with Crippen molar-refractivity contribution in [3.8, 4) is 0 Å². The summed E-state index contributed by atoms with van der Waals surface area (Å²) in [5, 5.41) is 12.9. The van der Waals surface area contributed by atoms with Crippen LogP contribution in [-0.2, 0) is 14.8 Å². The van der Waals surface area contributed by atoms with E-state index in [9.17, 15) is 22.7 Å². The third kappa shape index (κ3) is 5.49. The van der Waals surface area contributed by atoms with E-state index in [0.29, 0.717) is 30.7 Å². The highest BCUT2D eigenvalue weighted by atomic mass is 35.5. The Morgan fingerprint density at radius 2 is 1.68 bits per heavy atom. The molecular weight excluding hydrogens is 466 g/mol. The molecule has 1 saturated carbocycles. The van der Waals surface area contributed by atoms with E-state index < -0.39 is 33.9 Å². The van der Waals surface area contributed by atoms with Crippen molar-refractivity contribution in [2.75, 3.05) is 4.31 Å². The van der Waals surface area contributed by atoms with Crippen LogP contribution in [0.5, 0.6) is 0 Å². The molecule has 6 nitrogen and oxygen atoms in total. The maximum Gasteiger partial charge on any atom is 0.265 e. The van der Waals surface area contributed by atoms with E-state index in [2.05, 4.69) is 5.32 Å². The zero-order valence-corrected chi connectivity index (χ0v) is 19.1. The molecule has 0 unspecified atom stereocenters. The van der Waals surface area contributed by atoms with Crippen molar-refractivity contribution in [1.82, 2.24) is 5.32 Å². The van der Waals surface area contributed by atoms with E-state index in [4.69, 9.17) is 23.2 Å². The Hall–Kier alpha value is -1.87. The van der Waals surface area contributed by atoms with Gasteiger partial charge in [0, 0.05) is 16.1 Å². The molecule has 0 heterocycles. The van der Waals surface area contributed by atoms with Crippen LogP contribution in [0.3, 0.4) is 0 Å². The summed E-state index contributed by atoms with van der Waals surface area (Å²) < 4.78 is 42.3. The first-order chi connectivity index (χ1) is 14.6. The molecule has 2 aromatic rings. The van der Waals surface area contributed by atoms with Crippen LogP contribution in [0, 0.1) is 5.82 Å². The number of benzene rings is 2. The van der Waals surface area contributed by atoms with Crippen molar-refractivity contribution >= 4 is 44.8 Å². The highest BCUT2D eigenvalue weighted by molar-refractivity contribution is 7.93. The number of sulfonamides is 1. The lowest BCUT2D eigenvalue weighted by molar-refractivity contribution is -0.122. The molecule has 0 spiro atoms. The zero-order valence-electron chi connectivity index (χ0n) is 16.8. The molecule has 2 N–H and O–H groups in total. The number of hydrogen-bond donors (Lipinski definition) is 2. The van der Waals surface area contributed by atoms with Crippen LogP contribution in [0.2, 0.25) is 10.0 Å². The monoisotopic (exact) mass is 488 g/mol. The predicted octanol–water partition coefficient (Wildman–Crippen LogP) is 4.14. The van der Waals surface area contributed by atoms with Crippen LogP contribution in [0.4, 0.5) is 10.1 Å². The molecule has 1 aliphatic carbocycles. The number of hydrogen-bond acceptors (Lipinski definition) is 4. The average molecular weight is 489 g/mol. The van der Waals surface area contributed by atoms with Crippen molar-refractivity contribution in [3.05, 3.63) is 58.3 Å². The molecule has 31 heavy (non-hydrogen) atoms. The standard InChI is InChI=1S/C21H23Cl2FN2O4S/c1-13(21(28)25-16-5-7-17(27)8-6-16)26(20-12-15(23)4-11-19(20)24)31(29,30)18-9-2-14(22)3-10-18/h2-4,9-13,16-17,27H,5-8H2,1H3,(H,25,28)/t13-,16-,17-/m1/s1. The molecule has 0 aromatic heterocycles. The molecule has 10 heteroatoms. The molecule has 2 aromatic carbocycles. The Balaban J connectivity index is 1.98. The maximum absolute atomic E-state index is 14.7. The van der Waals surface area contributed by atoms with E-state index >= 15 is 0 Å². The molecule has 0 bridgehead atoms. The molecule has 1 aliphatic rings. The summed E-state index contributed by atoms with van der Waals surface area (Å²) in [4.78, 5) is 12.8. The number of amides is 1. The van der Waals surface area contributed by atoms with Crippen molar-refractivity contribution in [3.63, 3.8) is 0 Å². The van der Waals surface area contributed by atoms with E-state index in [1.807, 2.05) is 0 Å². The first-order valence-electron chi connectivity index (χ1n) is 9.83. The molecule has 0 saturated heterocycles. The molecular formula is C21H23Cl2FN2O4S. The lowest BCUT2D eigenvalue weighted by Gasteiger charge is -2.32. The normalized spacial score (nSPS) is 20.2. The summed E-state index contributed by atoms with van der Waals surface area (Å²) >= 11 is 11.9. The van der Waals surface area contributed by atoms with E-state index in [0.717, 1.165) is 10.4 Å².